The summed E-state index contributed by atoms with van der Waals surface area (Å²) in [6, 6.07) is 9.47. The maximum absolute atomic E-state index is 9.40. The first kappa shape index (κ1) is 17.1. The Morgan fingerprint density at radius 3 is 2.85 bits per heavy atom. The van der Waals surface area contributed by atoms with E-state index in [2.05, 4.69) is 26.6 Å². The Hall–Kier alpha value is -3.31. The number of hydrogen-bond acceptors (Lipinski definition) is 7. The molecule has 27 heavy (non-hydrogen) atoms. The maximum atomic E-state index is 9.40. The molecule has 0 aliphatic carbocycles. The summed E-state index contributed by atoms with van der Waals surface area (Å²) in [7, 11) is 1.54. The summed E-state index contributed by atoms with van der Waals surface area (Å²) in [6.45, 7) is 3.12. The molecule has 1 aliphatic rings. The van der Waals surface area contributed by atoms with Crippen molar-refractivity contribution in [2.24, 2.45) is 0 Å². The predicted molar refractivity (Wildman–Crippen MR) is 99.5 cm³/mol. The van der Waals surface area contributed by atoms with Crippen LogP contribution in [-0.2, 0) is 4.74 Å². The number of rotatable bonds is 5. The zero-order chi connectivity index (χ0) is 18.8. The summed E-state index contributed by atoms with van der Waals surface area (Å²) in [5, 5.41) is 21.3. The zero-order valence-corrected chi connectivity index (χ0v) is 15.1. The van der Waals surface area contributed by atoms with Gasteiger partial charge < -0.3 is 19.5 Å². The minimum Gasteiger partial charge on any atom is -0.495 e. The first-order valence-electron chi connectivity index (χ1n) is 8.62. The van der Waals surface area contributed by atoms with Crippen LogP contribution in [0.5, 0.6) is 11.6 Å². The molecule has 8 nitrogen and oxygen atoms in total. The molecule has 1 aliphatic heterocycles. The molecule has 0 spiro atoms. The third kappa shape index (κ3) is 3.50. The monoisotopic (exact) mass is 365 g/mol. The lowest BCUT2D eigenvalue weighted by Crippen LogP contribution is -2.17. The number of nitriles is 1. The van der Waals surface area contributed by atoms with E-state index in [9.17, 15) is 5.26 Å². The van der Waals surface area contributed by atoms with Gasteiger partial charge in [-0.15, -0.1) is 0 Å². The molecule has 1 atom stereocenters. The van der Waals surface area contributed by atoms with Crippen molar-refractivity contribution in [1.29, 1.82) is 5.26 Å². The van der Waals surface area contributed by atoms with Crippen LogP contribution in [-0.4, -0.2) is 41.6 Å². The van der Waals surface area contributed by atoms with Gasteiger partial charge in [-0.3, -0.25) is 5.10 Å². The fourth-order valence-corrected chi connectivity index (χ4v) is 3.04. The number of pyridine rings is 1. The van der Waals surface area contributed by atoms with E-state index in [-0.39, 0.29) is 6.10 Å². The summed E-state index contributed by atoms with van der Waals surface area (Å²) >= 11 is 0. The van der Waals surface area contributed by atoms with Crippen LogP contribution in [0.2, 0.25) is 0 Å². The van der Waals surface area contributed by atoms with Crippen LogP contribution in [0.15, 0.2) is 24.3 Å². The van der Waals surface area contributed by atoms with Crippen molar-refractivity contribution in [3.8, 4) is 17.7 Å². The van der Waals surface area contributed by atoms with Crippen molar-refractivity contribution in [3.63, 3.8) is 0 Å². The second-order valence-corrected chi connectivity index (χ2v) is 6.36. The quantitative estimate of drug-likeness (QED) is 0.716. The highest BCUT2D eigenvalue weighted by atomic mass is 16.5. The fourth-order valence-electron chi connectivity index (χ4n) is 3.04. The highest BCUT2D eigenvalue weighted by molar-refractivity contribution is 5.92. The first-order chi connectivity index (χ1) is 13.2. The molecule has 1 aromatic carbocycles. The van der Waals surface area contributed by atoms with E-state index in [1.165, 1.54) is 0 Å². The van der Waals surface area contributed by atoms with E-state index < -0.39 is 0 Å². The number of fused-ring (bicyclic) bond motifs is 1. The Morgan fingerprint density at radius 1 is 1.30 bits per heavy atom. The number of ether oxygens (including phenoxy) is 3. The molecule has 0 bridgehead atoms. The van der Waals surface area contributed by atoms with Crippen molar-refractivity contribution in [1.82, 2.24) is 15.2 Å². The molecule has 3 aromatic rings. The summed E-state index contributed by atoms with van der Waals surface area (Å²) in [6.07, 6.45) is 0.747. The smallest absolute Gasteiger partial charge is 0.223 e. The summed E-state index contributed by atoms with van der Waals surface area (Å²) < 4.78 is 16.8. The van der Waals surface area contributed by atoms with E-state index in [4.69, 9.17) is 14.2 Å². The molecule has 0 radical (unpaired) electrons. The normalized spacial score (nSPS) is 16.3. The van der Waals surface area contributed by atoms with Gasteiger partial charge in [0.05, 0.1) is 25.9 Å². The predicted octanol–water partition coefficient (Wildman–Crippen LogP) is 3.06. The number of aryl methyl sites for hydroxylation is 1. The van der Waals surface area contributed by atoms with Gasteiger partial charge in [0.2, 0.25) is 5.88 Å². The number of nitrogens with one attached hydrogen (secondary N) is 2. The van der Waals surface area contributed by atoms with E-state index in [1.54, 1.807) is 13.2 Å². The molecule has 1 unspecified atom stereocenters. The van der Waals surface area contributed by atoms with Crippen LogP contribution in [0.25, 0.3) is 10.8 Å². The molecule has 8 heteroatoms. The number of hydrogen-bond donors (Lipinski definition) is 2. The zero-order valence-electron chi connectivity index (χ0n) is 15.1. The molecule has 3 heterocycles. The van der Waals surface area contributed by atoms with E-state index in [0.29, 0.717) is 42.0 Å². The van der Waals surface area contributed by atoms with Crippen molar-refractivity contribution >= 4 is 22.4 Å². The van der Waals surface area contributed by atoms with Gasteiger partial charge in [-0.25, -0.2) is 0 Å². The fraction of sp³-hybridized carbons (Fsp3) is 0.316. The highest BCUT2D eigenvalue weighted by Gasteiger charge is 2.20. The summed E-state index contributed by atoms with van der Waals surface area (Å²) in [5.74, 6) is 2.22. The molecule has 2 aromatic heterocycles. The SMILES string of the molecule is COc1cc2cc(Nc3cc(C)[nH]n3)nc(OC3CCOC3)c2cc1C#N. The molecule has 0 amide bonds. The molecule has 4 rings (SSSR count). The molecular formula is C19H19N5O3. The molecule has 1 fully saturated rings. The Morgan fingerprint density at radius 2 is 2.19 bits per heavy atom. The van der Waals surface area contributed by atoms with Crippen molar-refractivity contribution in [2.75, 3.05) is 25.6 Å². The number of nitrogens with zero attached hydrogens (tertiary/aromatic N) is 3. The first-order valence-corrected chi connectivity index (χ1v) is 8.62. The molecule has 0 saturated carbocycles. The number of H-pyrrole nitrogens is 1. The van der Waals surface area contributed by atoms with E-state index in [0.717, 1.165) is 22.9 Å². The van der Waals surface area contributed by atoms with E-state index in [1.807, 2.05) is 25.1 Å². The third-order valence-electron chi connectivity index (χ3n) is 4.37. The van der Waals surface area contributed by atoms with Crippen LogP contribution in [0.4, 0.5) is 11.6 Å². The van der Waals surface area contributed by atoms with Crippen LogP contribution < -0.4 is 14.8 Å². The van der Waals surface area contributed by atoms with Gasteiger partial charge in [0.1, 0.15) is 23.7 Å². The lowest BCUT2D eigenvalue weighted by Gasteiger charge is -2.16. The number of aromatic amines is 1. The van der Waals surface area contributed by atoms with Gasteiger partial charge in [0.25, 0.3) is 0 Å². The lowest BCUT2D eigenvalue weighted by molar-refractivity contribution is 0.139. The van der Waals surface area contributed by atoms with Gasteiger partial charge in [0, 0.05) is 23.6 Å². The van der Waals surface area contributed by atoms with Crippen molar-refractivity contribution < 1.29 is 14.2 Å². The molecule has 1 saturated heterocycles. The van der Waals surface area contributed by atoms with Gasteiger partial charge >= 0.3 is 0 Å². The van der Waals surface area contributed by atoms with Crippen molar-refractivity contribution in [3.05, 3.63) is 35.5 Å². The number of methoxy groups -OCH3 is 1. The van der Waals surface area contributed by atoms with Gasteiger partial charge in [0.15, 0.2) is 5.82 Å². The van der Waals surface area contributed by atoms with Gasteiger partial charge in [-0.2, -0.15) is 15.3 Å². The Balaban J connectivity index is 1.80. The minimum absolute atomic E-state index is 0.0591. The molecule has 2 N–H and O–H groups in total. The Labute approximate surface area is 156 Å². The third-order valence-corrected chi connectivity index (χ3v) is 4.37. The maximum Gasteiger partial charge on any atom is 0.223 e. The second-order valence-electron chi connectivity index (χ2n) is 6.36. The molecular weight excluding hydrogens is 346 g/mol. The summed E-state index contributed by atoms with van der Waals surface area (Å²) in [5.41, 5.74) is 1.38. The average molecular weight is 365 g/mol. The Bertz CT molecular complexity index is 1020. The Kier molecular flexibility index (Phi) is 4.52. The van der Waals surface area contributed by atoms with Crippen molar-refractivity contribution in [2.45, 2.75) is 19.4 Å². The van der Waals surface area contributed by atoms with Gasteiger partial charge in [-0.1, -0.05) is 0 Å². The van der Waals surface area contributed by atoms with E-state index >= 15 is 0 Å². The van der Waals surface area contributed by atoms with Crippen LogP contribution in [0, 0.1) is 18.3 Å². The largest absolute Gasteiger partial charge is 0.495 e. The molecule has 138 valence electrons. The number of benzene rings is 1. The minimum atomic E-state index is -0.0591. The topological polar surface area (TPSA) is 105 Å². The standard InChI is InChI=1S/C19H19N5O3/c1-11-5-18(24-23-11)21-17-8-12-7-16(25-2)13(9-20)6-15(12)19(22-17)27-14-3-4-26-10-14/h5-8,14H,3-4,10H2,1-2H3,(H2,21,22,23,24). The lowest BCUT2D eigenvalue weighted by atomic mass is 10.1. The van der Waals surface area contributed by atoms with Gasteiger partial charge in [-0.05, 0) is 30.5 Å². The second kappa shape index (κ2) is 7.13. The van der Waals surface area contributed by atoms with Crippen LogP contribution in [0.3, 0.4) is 0 Å². The summed E-state index contributed by atoms with van der Waals surface area (Å²) in [4.78, 5) is 4.61. The van der Waals surface area contributed by atoms with Crippen LogP contribution in [0.1, 0.15) is 17.7 Å². The van der Waals surface area contributed by atoms with Crippen LogP contribution >= 0.6 is 0 Å². The highest BCUT2D eigenvalue weighted by Crippen LogP contribution is 2.34. The number of aromatic nitrogens is 3. The number of anilines is 2. The average Bonchev–Trinajstić information content (AvgIpc) is 3.32.